The van der Waals surface area contributed by atoms with Crippen molar-refractivity contribution in [3.8, 4) is 55.6 Å². The molecule has 2 nitrogen and oxygen atoms in total. The molecule has 12 aromatic rings. The maximum absolute atomic E-state index is 6.51. The van der Waals surface area contributed by atoms with Crippen LogP contribution in [0.25, 0.3) is 99.1 Å². The van der Waals surface area contributed by atoms with Crippen LogP contribution in [0.15, 0.2) is 253 Å². The van der Waals surface area contributed by atoms with Crippen molar-refractivity contribution in [1.29, 1.82) is 0 Å². The molecular formula is C62H41NO. The van der Waals surface area contributed by atoms with Gasteiger partial charge in [-0.05, 0) is 96.9 Å². The van der Waals surface area contributed by atoms with Crippen LogP contribution in [0, 0.1) is 0 Å². The smallest absolute Gasteiger partial charge is 0.136 e. The van der Waals surface area contributed by atoms with Gasteiger partial charge in [0.2, 0.25) is 0 Å². The van der Waals surface area contributed by atoms with Gasteiger partial charge in [0.1, 0.15) is 11.2 Å². The summed E-state index contributed by atoms with van der Waals surface area (Å²) in [6.45, 7) is 0. The topological polar surface area (TPSA) is 16.4 Å². The van der Waals surface area contributed by atoms with Gasteiger partial charge in [-0.15, -0.1) is 0 Å². The number of rotatable bonds is 8. The van der Waals surface area contributed by atoms with Gasteiger partial charge in [0, 0.05) is 27.5 Å². The lowest BCUT2D eigenvalue weighted by molar-refractivity contribution is 0.669. The summed E-state index contributed by atoms with van der Waals surface area (Å²) in [6.07, 6.45) is 0. The first-order valence-corrected chi connectivity index (χ1v) is 21.9. The summed E-state index contributed by atoms with van der Waals surface area (Å²) in [6, 6.07) is 90.0. The van der Waals surface area contributed by atoms with E-state index in [-0.39, 0.29) is 0 Å². The van der Waals surface area contributed by atoms with Gasteiger partial charge in [-0.2, -0.15) is 0 Å². The van der Waals surface area contributed by atoms with Crippen LogP contribution in [-0.2, 0) is 0 Å². The average Bonchev–Trinajstić information content (AvgIpc) is 3.75. The van der Waals surface area contributed by atoms with Crippen LogP contribution in [0.1, 0.15) is 0 Å². The zero-order chi connectivity index (χ0) is 42.4. The zero-order valence-corrected chi connectivity index (χ0v) is 35.0. The summed E-state index contributed by atoms with van der Waals surface area (Å²) < 4.78 is 6.51. The van der Waals surface area contributed by atoms with Crippen LogP contribution in [0.5, 0.6) is 0 Å². The Morgan fingerprint density at radius 1 is 0.250 bits per heavy atom. The molecule has 12 rings (SSSR count). The molecule has 0 saturated carbocycles. The van der Waals surface area contributed by atoms with Crippen molar-refractivity contribution < 1.29 is 4.42 Å². The van der Waals surface area contributed by atoms with Crippen LogP contribution in [-0.4, -0.2) is 0 Å². The minimum absolute atomic E-state index is 0.868. The first-order valence-electron chi connectivity index (χ1n) is 21.9. The predicted molar refractivity (Wildman–Crippen MR) is 271 cm³/mol. The van der Waals surface area contributed by atoms with E-state index in [0.29, 0.717) is 0 Å². The molecule has 0 fully saturated rings. The summed E-state index contributed by atoms with van der Waals surface area (Å²) in [7, 11) is 0. The van der Waals surface area contributed by atoms with Crippen LogP contribution < -0.4 is 4.90 Å². The quantitative estimate of drug-likeness (QED) is 0.152. The highest BCUT2D eigenvalue weighted by Gasteiger charge is 2.25. The third-order valence-electron chi connectivity index (χ3n) is 12.7. The molecule has 0 spiro atoms. The maximum Gasteiger partial charge on any atom is 0.136 e. The van der Waals surface area contributed by atoms with Gasteiger partial charge in [-0.25, -0.2) is 0 Å². The number of fused-ring (bicyclic) bond motifs is 5. The Morgan fingerprint density at radius 2 is 0.750 bits per heavy atom. The molecule has 11 aromatic carbocycles. The molecule has 0 radical (unpaired) electrons. The largest absolute Gasteiger partial charge is 0.456 e. The first kappa shape index (κ1) is 37.3. The Bertz CT molecular complexity index is 3670. The fourth-order valence-corrected chi connectivity index (χ4v) is 9.74. The van der Waals surface area contributed by atoms with E-state index in [1.807, 2.05) is 12.1 Å². The van der Waals surface area contributed by atoms with Gasteiger partial charge in [-0.3, -0.25) is 0 Å². The van der Waals surface area contributed by atoms with Crippen LogP contribution in [0.4, 0.5) is 17.1 Å². The summed E-state index contributed by atoms with van der Waals surface area (Å²) in [4.78, 5) is 2.51. The van der Waals surface area contributed by atoms with Crippen molar-refractivity contribution in [2.45, 2.75) is 0 Å². The Morgan fingerprint density at radius 3 is 1.53 bits per heavy atom. The lowest BCUT2D eigenvalue weighted by atomic mass is 9.89. The molecule has 1 aromatic heterocycles. The number of para-hydroxylation sites is 3. The minimum Gasteiger partial charge on any atom is -0.456 e. The van der Waals surface area contributed by atoms with Crippen LogP contribution in [0.2, 0.25) is 0 Å². The molecule has 0 saturated heterocycles. The lowest BCUT2D eigenvalue weighted by Gasteiger charge is -2.32. The van der Waals surface area contributed by atoms with E-state index in [4.69, 9.17) is 4.42 Å². The van der Waals surface area contributed by atoms with E-state index < -0.39 is 0 Å². The Kier molecular flexibility index (Phi) is 9.20. The summed E-state index contributed by atoms with van der Waals surface area (Å²) >= 11 is 0. The highest BCUT2D eigenvalue weighted by Crippen LogP contribution is 2.50. The van der Waals surface area contributed by atoms with Gasteiger partial charge in [0.05, 0.1) is 17.1 Å². The fraction of sp³-hybridized carbons (Fsp3) is 0. The molecule has 0 unspecified atom stereocenters. The number of hydrogen-bond donors (Lipinski definition) is 0. The Hall–Kier alpha value is -8.46. The third kappa shape index (κ3) is 6.44. The molecular weight excluding hydrogens is 775 g/mol. The summed E-state index contributed by atoms with van der Waals surface area (Å²) in [5, 5.41) is 7.09. The molecule has 300 valence electrons. The van der Waals surface area contributed by atoms with Crippen molar-refractivity contribution in [2.24, 2.45) is 0 Å². The SMILES string of the molecule is c1ccc(-c2ccc(-c3cccc4ccccc34)cc2N(c2ccccc2-c2ccc3c(c2)oc2ccccc23)c2ccccc2-c2cccc3cccc(-c4ccccc4)c23)cc1. The second kappa shape index (κ2) is 15.8. The molecule has 0 atom stereocenters. The van der Waals surface area contributed by atoms with Crippen molar-refractivity contribution >= 4 is 60.5 Å². The molecule has 64 heavy (non-hydrogen) atoms. The second-order valence-electron chi connectivity index (χ2n) is 16.4. The van der Waals surface area contributed by atoms with Gasteiger partial charge < -0.3 is 9.32 Å². The molecule has 0 bridgehead atoms. The summed E-state index contributed by atoms with van der Waals surface area (Å²) in [5.74, 6) is 0. The average molecular weight is 816 g/mol. The van der Waals surface area contributed by atoms with Crippen molar-refractivity contribution in [1.82, 2.24) is 0 Å². The van der Waals surface area contributed by atoms with E-state index in [0.717, 1.165) is 72.4 Å². The molecule has 0 aliphatic carbocycles. The predicted octanol–water partition coefficient (Wildman–Crippen LogP) is 17.7. The molecule has 0 aliphatic heterocycles. The maximum atomic E-state index is 6.51. The molecule has 0 aliphatic rings. The monoisotopic (exact) mass is 815 g/mol. The Labute approximate surface area is 372 Å². The van der Waals surface area contributed by atoms with E-state index >= 15 is 0 Å². The van der Waals surface area contributed by atoms with Crippen molar-refractivity contribution in [3.63, 3.8) is 0 Å². The van der Waals surface area contributed by atoms with E-state index in [1.54, 1.807) is 0 Å². The standard InChI is InChI=1S/C62H41NO/c1-3-18-43(19-4-1)51-38-36-46(49-30-15-23-42-22-7-8-26-48(42)49)40-59(51)63(57-33-12-9-27-50(57)47-37-39-55-54-29-11-14-35-60(54)64-61(55)41-47)58-34-13-10-28-53(58)56-32-17-25-45-24-16-31-52(62(45)56)44-20-5-2-6-21-44/h1-41H. The number of hydrogen-bond acceptors (Lipinski definition) is 2. The van der Waals surface area contributed by atoms with Gasteiger partial charge in [-0.1, -0.05) is 212 Å². The highest BCUT2D eigenvalue weighted by molar-refractivity contribution is 6.11. The third-order valence-corrected chi connectivity index (χ3v) is 12.7. The fourth-order valence-electron chi connectivity index (χ4n) is 9.74. The molecule has 0 amide bonds. The molecule has 2 heteroatoms. The van der Waals surface area contributed by atoms with Gasteiger partial charge >= 0.3 is 0 Å². The number of anilines is 3. The van der Waals surface area contributed by atoms with E-state index in [2.05, 4.69) is 241 Å². The summed E-state index contributed by atoms with van der Waals surface area (Å²) in [5.41, 5.74) is 16.4. The van der Waals surface area contributed by atoms with Gasteiger partial charge in [0.15, 0.2) is 0 Å². The minimum atomic E-state index is 0.868. The van der Waals surface area contributed by atoms with Gasteiger partial charge in [0.25, 0.3) is 0 Å². The zero-order valence-electron chi connectivity index (χ0n) is 35.0. The molecule has 1 heterocycles. The normalized spacial score (nSPS) is 11.4. The van der Waals surface area contributed by atoms with E-state index in [1.165, 1.54) is 43.8 Å². The van der Waals surface area contributed by atoms with Crippen LogP contribution in [0.3, 0.4) is 0 Å². The van der Waals surface area contributed by atoms with Crippen molar-refractivity contribution in [3.05, 3.63) is 249 Å². The van der Waals surface area contributed by atoms with E-state index in [9.17, 15) is 0 Å². The first-order chi connectivity index (χ1) is 31.8. The lowest BCUT2D eigenvalue weighted by Crippen LogP contribution is -2.14. The highest BCUT2D eigenvalue weighted by atomic mass is 16.3. The molecule has 0 N–H and O–H groups in total. The van der Waals surface area contributed by atoms with Crippen molar-refractivity contribution in [2.75, 3.05) is 4.90 Å². The number of nitrogens with zero attached hydrogens (tertiary/aromatic N) is 1. The van der Waals surface area contributed by atoms with Crippen LogP contribution >= 0.6 is 0 Å². The Balaban J connectivity index is 1.17. The number of benzene rings is 11. The second-order valence-corrected chi connectivity index (χ2v) is 16.4. The number of furan rings is 1.